The minimum atomic E-state index is 0.133. The predicted octanol–water partition coefficient (Wildman–Crippen LogP) is 2.96. The molecule has 21 heavy (non-hydrogen) atoms. The molecule has 4 nitrogen and oxygen atoms in total. The number of likely N-dealkylation sites (tertiary alicyclic amines) is 1. The molecule has 0 bridgehead atoms. The molecule has 4 heteroatoms. The maximum Gasteiger partial charge on any atom is 0.224 e. The third-order valence-corrected chi connectivity index (χ3v) is 4.95. The summed E-state index contributed by atoms with van der Waals surface area (Å²) in [5, 5.41) is 0. The van der Waals surface area contributed by atoms with Crippen LogP contribution in [0.25, 0.3) is 0 Å². The fourth-order valence-corrected chi connectivity index (χ4v) is 3.68. The van der Waals surface area contributed by atoms with Gasteiger partial charge in [0.2, 0.25) is 11.8 Å². The summed E-state index contributed by atoms with van der Waals surface area (Å²) in [6, 6.07) is 0.360. The van der Waals surface area contributed by atoms with Crippen LogP contribution in [0, 0.1) is 0 Å². The first kappa shape index (κ1) is 16.3. The van der Waals surface area contributed by atoms with E-state index >= 15 is 0 Å². The van der Waals surface area contributed by atoms with Crippen molar-refractivity contribution in [3.05, 3.63) is 0 Å². The Morgan fingerprint density at radius 2 is 1.52 bits per heavy atom. The number of carbonyl (C=O) groups is 2. The fraction of sp³-hybridized carbons (Fsp3) is 0.882. The molecular formula is C17H30N2O2. The number of hydrogen-bond donors (Lipinski definition) is 0. The molecule has 1 saturated heterocycles. The number of nitrogens with zero attached hydrogens (tertiary/aromatic N) is 2. The Kier molecular flexibility index (Phi) is 6.52. The van der Waals surface area contributed by atoms with Crippen LogP contribution in [0.5, 0.6) is 0 Å². The predicted molar refractivity (Wildman–Crippen MR) is 83.9 cm³/mol. The molecule has 2 aliphatic rings. The van der Waals surface area contributed by atoms with Gasteiger partial charge in [0.1, 0.15) is 0 Å². The van der Waals surface area contributed by atoms with Crippen molar-refractivity contribution in [2.45, 2.75) is 77.2 Å². The van der Waals surface area contributed by atoms with Crippen molar-refractivity contribution in [3.63, 3.8) is 0 Å². The lowest BCUT2D eigenvalue weighted by molar-refractivity contribution is -0.135. The molecule has 0 aromatic carbocycles. The van der Waals surface area contributed by atoms with Crippen molar-refractivity contribution in [1.82, 2.24) is 9.80 Å². The Bertz CT molecular complexity index is 343. The van der Waals surface area contributed by atoms with E-state index in [-0.39, 0.29) is 11.8 Å². The molecule has 0 atom stereocenters. The van der Waals surface area contributed by atoms with Gasteiger partial charge in [0.05, 0.1) is 0 Å². The summed E-state index contributed by atoms with van der Waals surface area (Å²) in [6.07, 6.45) is 11.2. The van der Waals surface area contributed by atoms with E-state index in [0.717, 1.165) is 38.8 Å². The second kappa shape index (κ2) is 8.40. The maximum atomic E-state index is 12.3. The van der Waals surface area contributed by atoms with E-state index in [1.54, 1.807) is 6.92 Å². The summed E-state index contributed by atoms with van der Waals surface area (Å²) >= 11 is 0. The van der Waals surface area contributed by atoms with Gasteiger partial charge in [-0.15, -0.1) is 0 Å². The second-order valence-corrected chi connectivity index (χ2v) is 6.55. The van der Waals surface area contributed by atoms with Crippen molar-refractivity contribution in [2.24, 2.45) is 0 Å². The van der Waals surface area contributed by atoms with Crippen molar-refractivity contribution in [3.8, 4) is 0 Å². The average molecular weight is 294 g/mol. The van der Waals surface area contributed by atoms with Crippen LogP contribution >= 0.6 is 0 Å². The van der Waals surface area contributed by atoms with E-state index in [4.69, 9.17) is 0 Å². The lowest BCUT2D eigenvalue weighted by Crippen LogP contribution is -2.42. The Morgan fingerprint density at radius 3 is 2.10 bits per heavy atom. The second-order valence-electron chi connectivity index (χ2n) is 6.55. The van der Waals surface area contributed by atoms with Crippen molar-refractivity contribution in [1.29, 1.82) is 0 Å². The Balaban J connectivity index is 1.84. The molecule has 0 unspecified atom stereocenters. The first-order chi connectivity index (χ1) is 10.2. The van der Waals surface area contributed by atoms with Crippen molar-refractivity contribution in [2.75, 3.05) is 19.6 Å². The normalized spacial score (nSPS) is 20.9. The number of amides is 2. The van der Waals surface area contributed by atoms with Gasteiger partial charge in [-0.2, -0.15) is 0 Å². The summed E-state index contributed by atoms with van der Waals surface area (Å²) in [6.45, 7) is 4.07. The van der Waals surface area contributed by atoms with Crippen molar-refractivity contribution >= 4 is 11.8 Å². The highest BCUT2D eigenvalue weighted by molar-refractivity contribution is 5.78. The lowest BCUT2D eigenvalue weighted by atomic mass is 10.1. The largest absolute Gasteiger partial charge is 0.343 e. The fourth-order valence-electron chi connectivity index (χ4n) is 3.68. The molecular weight excluding hydrogens is 264 g/mol. The molecule has 2 rings (SSSR count). The Hall–Kier alpha value is -1.06. The highest BCUT2D eigenvalue weighted by atomic mass is 16.2. The average Bonchev–Trinajstić information content (AvgIpc) is 2.77. The molecule has 1 aliphatic heterocycles. The minimum absolute atomic E-state index is 0.133. The molecule has 1 aliphatic carbocycles. The van der Waals surface area contributed by atoms with Crippen LogP contribution < -0.4 is 0 Å². The third kappa shape index (κ3) is 5.01. The van der Waals surface area contributed by atoms with E-state index in [9.17, 15) is 9.59 Å². The smallest absolute Gasteiger partial charge is 0.224 e. The summed E-state index contributed by atoms with van der Waals surface area (Å²) in [4.78, 5) is 28.2. The van der Waals surface area contributed by atoms with Gasteiger partial charge >= 0.3 is 0 Å². The first-order valence-electron chi connectivity index (χ1n) is 8.73. The van der Waals surface area contributed by atoms with Crippen LogP contribution in [-0.4, -0.2) is 47.3 Å². The van der Waals surface area contributed by atoms with E-state index < -0.39 is 0 Å². The molecule has 1 saturated carbocycles. The SMILES string of the molecule is CC(=O)N(CCC(=O)N1CCCCC1)C1CCCCCC1. The van der Waals surface area contributed by atoms with Gasteiger partial charge in [0.15, 0.2) is 0 Å². The molecule has 0 aromatic heterocycles. The van der Waals surface area contributed by atoms with Gasteiger partial charge in [-0.25, -0.2) is 0 Å². The van der Waals surface area contributed by atoms with E-state index in [2.05, 4.69) is 0 Å². The van der Waals surface area contributed by atoms with Gasteiger partial charge in [-0.1, -0.05) is 25.7 Å². The van der Waals surface area contributed by atoms with Gasteiger partial charge in [0.25, 0.3) is 0 Å². The van der Waals surface area contributed by atoms with Crippen LogP contribution in [-0.2, 0) is 9.59 Å². The molecule has 0 N–H and O–H groups in total. The lowest BCUT2D eigenvalue weighted by Gasteiger charge is -2.32. The zero-order chi connectivity index (χ0) is 15.1. The monoisotopic (exact) mass is 294 g/mol. The van der Waals surface area contributed by atoms with E-state index in [1.807, 2.05) is 9.80 Å². The van der Waals surface area contributed by atoms with Gasteiger partial charge < -0.3 is 9.80 Å². The molecule has 0 aromatic rings. The molecule has 2 amide bonds. The summed E-state index contributed by atoms with van der Waals surface area (Å²) < 4.78 is 0. The minimum Gasteiger partial charge on any atom is -0.343 e. The number of piperidine rings is 1. The van der Waals surface area contributed by atoms with E-state index in [1.165, 1.54) is 32.1 Å². The van der Waals surface area contributed by atoms with Crippen molar-refractivity contribution < 1.29 is 9.59 Å². The highest BCUT2D eigenvalue weighted by Gasteiger charge is 2.24. The summed E-state index contributed by atoms with van der Waals surface area (Å²) in [7, 11) is 0. The first-order valence-corrected chi connectivity index (χ1v) is 8.73. The highest BCUT2D eigenvalue weighted by Crippen LogP contribution is 2.22. The quantitative estimate of drug-likeness (QED) is 0.748. The molecule has 1 heterocycles. The Labute approximate surface area is 128 Å². The summed E-state index contributed by atoms with van der Waals surface area (Å²) in [5.74, 6) is 0.364. The van der Waals surface area contributed by atoms with E-state index in [0.29, 0.717) is 19.0 Å². The summed E-state index contributed by atoms with van der Waals surface area (Å²) in [5.41, 5.74) is 0. The Morgan fingerprint density at radius 1 is 0.952 bits per heavy atom. The zero-order valence-corrected chi connectivity index (χ0v) is 13.5. The van der Waals surface area contributed by atoms with Crippen LogP contribution in [0.15, 0.2) is 0 Å². The molecule has 120 valence electrons. The maximum absolute atomic E-state index is 12.3. The zero-order valence-electron chi connectivity index (χ0n) is 13.5. The third-order valence-electron chi connectivity index (χ3n) is 4.95. The number of hydrogen-bond acceptors (Lipinski definition) is 2. The van der Waals surface area contributed by atoms with Crippen LogP contribution in [0.2, 0.25) is 0 Å². The molecule has 2 fully saturated rings. The van der Waals surface area contributed by atoms with Gasteiger partial charge in [-0.05, 0) is 32.1 Å². The van der Waals surface area contributed by atoms with Crippen LogP contribution in [0.3, 0.4) is 0 Å². The van der Waals surface area contributed by atoms with Gasteiger partial charge in [-0.3, -0.25) is 9.59 Å². The standard InChI is InChI=1S/C17H30N2O2/c1-15(20)19(16-9-5-2-3-6-10-16)14-11-17(21)18-12-7-4-8-13-18/h16H,2-14H2,1H3. The number of carbonyl (C=O) groups excluding carboxylic acids is 2. The van der Waals surface area contributed by atoms with Crippen LogP contribution in [0.1, 0.15) is 71.1 Å². The molecule has 0 spiro atoms. The van der Waals surface area contributed by atoms with Gasteiger partial charge in [0, 0.05) is 39.0 Å². The number of rotatable bonds is 4. The topological polar surface area (TPSA) is 40.6 Å². The molecule has 0 radical (unpaired) electrons. The van der Waals surface area contributed by atoms with Crippen LogP contribution in [0.4, 0.5) is 0 Å².